The van der Waals surface area contributed by atoms with Gasteiger partial charge in [-0.05, 0) is 103 Å². The van der Waals surface area contributed by atoms with E-state index in [2.05, 4.69) is 118 Å². The summed E-state index contributed by atoms with van der Waals surface area (Å²) >= 11 is 0. The second-order valence-electron chi connectivity index (χ2n) is 17.7. The monoisotopic (exact) mass is 993 g/mol. The molecule has 3 N–H and O–H groups in total. The van der Waals surface area contributed by atoms with Gasteiger partial charge in [-0.2, -0.15) is 0 Å². The molecular formula is C59H92O12. The molecule has 0 saturated carbocycles. The molecule has 0 amide bonds. The van der Waals surface area contributed by atoms with Crippen LogP contribution in [-0.2, 0) is 42.9 Å². The highest BCUT2D eigenvalue weighted by molar-refractivity contribution is 5.74. The van der Waals surface area contributed by atoms with Crippen molar-refractivity contribution in [2.45, 2.75) is 225 Å². The lowest BCUT2D eigenvalue weighted by atomic mass is 9.98. The molecule has 0 aliphatic carbocycles. The van der Waals surface area contributed by atoms with Crippen molar-refractivity contribution in [2.75, 3.05) is 13.2 Å². The van der Waals surface area contributed by atoms with Crippen molar-refractivity contribution < 1.29 is 58.2 Å². The first kappa shape index (κ1) is 64.4. The van der Waals surface area contributed by atoms with E-state index >= 15 is 0 Å². The first-order chi connectivity index (χ1) is 34.6. The van der Waals surface area contributed by atoms with Crippen LogP contribution in [0.25, 0.3) is 0 Å². The minimum Gasteiger partial charge on any atom is -0.479 e. The molecule has 1 aliphatic heterocycles. The number of carboxylic acid groups (broad SMARTS) is 1. The number of carbonyl (C=O) groups is 4. The van der Waals surface area contributed by atoms with Crippen molar-refractivity contribution in [1.82, 2.24) is 0 Å². The van der Waals surface area contributed by atoms with Gasteiger partial charge in [-0.15, -0.1) is 0 Å². The minimum absolute atomic E-state index is 0.0288. The van der Waals surface area contributed by atoms with Crippen LogP contribution in [0.1, 0.15) is 188 Å². The Kier molecular flexibility index (Phi) is 42.1. The van der Waals surface area contributed by atoms with Crippen LogP contribution in [0.3, 0.4) is 0 Å². The molecule has 1 rings (SSSR count). The zero-order valence-electron chi connectivity index (χ0n) is 43.7. The molecule has 6 unspecified atom stereocenters. The number of hydrogen-bond donors (Lipinski definition) is 3. The van der Waals surface area contributed by atoms with E-state index in [1.54, 1.807) is 0 Å². The van der Waals surface area contributed by atoms with Gasteiger partial charge in [0.05, 0.1) is 6.61 Å². The zero-order chi connectivity index (χ0) is 51.8. The fourth-order valence-electron chi connectivity index (χ4n) is 7.25. The van der Waals surface area contributed by atoms with E-state index in [9.17, 15) is 34.5 Å². The molecule has 71 heavy (non-hydrogen) atoms. The Morgan fingerprint density at radius 3 is 1.41 bits per heavy atom. The quantitative estimate of drug-likeness (QED) is 0.0229. The number of aliphatic hydroxyl groups excluding tert-OH is 2. The molecule has 1 saturated heterocycles. The molecule has 0 aromatic carbocycles. The van der Waals surface area contributed by atoms with Crippen LogP contribution < -0.4 is 0 Å². The van der Waals surface area contributed by atoms with Crippen LogP contribution in [-0.4, -0.2) is 89.2 Å². The molecule has 12 heteroatoms. The summed E-state index contributed by atoms with van der Waals surface area (Å²) in [7, 11) is 0. The van der Waals surface area contributed by atoms with E-state index in [0.717, 1.165) is 122 Å². The first-order valence-corrected chi connectivity index (χ1v) is 26.9. The van der Waals surface area contributed by atoms with Gasteiger partial charge in [0.15, 0.2) is 24.6 Å². The van der Waals surface area contributed by atoms with Crippen LogP contribution >= 0.6 is 0 Å². The summed E-state index contributed by atoms with van der Waals surface area (Å²) in [5.74, 6) is -3.29. The summed E-state index contributed by atoms with van der Waals surface area (Å²) in [6, 6.07) is 0. The summed E-state index contributed by atoms with van der Waals surface area (Å²) in [4.78, 5) is 50.9. The molecule has 400 valence electrons. The lowest BCUT2D eigenvalue weighted by Gasteiger charge is -2.40. The molecule has 0 aromatic heterocycles. The summed E-state index contributed by atoms with van der Waals surface area (Å²) in [5.41, 5.74) is 0. The Balaban J connectivity index is 2.79. The van der Waals surface area contributed by atoms with Crippen molar-refractivity contribution >= 4 is 23.9 Å². The Bertz CT molecular complexity index is 1650. The Labute approximate surface area is 427 Å². The summed E-state index contributed by atoms with van der Waals surface area (Å²) in [5, 5.41) is 31.4. The average Bonchev–Trinajstić information content (AvgIpc) is 3.35. The predicted octanol–water partition coefficient (Wildman–Crippen LogP) is 13.1. The lowest BCUT2D eigenvalue weighted by molar-refractivity contribution is -0.301. The number of unbranched alkanes of at least 4 members (excludes halogenated alkanes) is 11. The average molecular weight is 993 g/mol. The summed E-state index contributed by atoms with van der Waals surface area (Å²) < 4.78 is 28.2. The van der Waals surface area contributed by atoms with E-state index in [-0.39, 0.29) is 25.9 Å². The molecule has 0 bridgehead atoms. The van der Waals surface area contributed by atoms with Crippen LogP contribution in [0.4, 0.5) is 0 Å². The van der Waals surface area contributed by atoms with Crippen LogP contribution in [0.2, 0.25) is 0 Å². The first-order valence-electron chi connectivity index (χ1n) is 26.9. The number of aliphatic carboxylic acids is 1. The van der Waals surface area contributed by atoms with Crippen molar-refractivity contribution in [3.63, 3.8) is 0 Å². The predicted molar refractivity (Wildman–Crippen MR) is 284 cm³/mol. The molecule has 0 spiro atoms. The van der Waals surface area contributed by atoms with Gasteiger partial charge in [0.1, 0.15) is 18.8 Å². The number of aliphatic hydroxyl groups is 2. The van der Waals surface area contributed by atoms with Gasteiger partial charge in [-0.25, -0.2) is 4.79 Å². The second-order valence-corrected chi connectivity index (χ2v) is 17.7. The highest BCUT2D eigenvalue weighted by atomic mass is 16.7. The molecule has 6 atom stereocenters. The van der Waals surface area contributed by atoms with E-state index in [1.807, 2.05) is 12.2 Å². The fraction of sp³-hybridized carbons (Fsp3) is 0.627. The molecular weight excluding hydrogens is 901 g/mol. The fourth-order valence-corrected chi connectivity index (χ4v) is 7.25. The van der Waals surface area contributed by atoms with Crippen LogP contribution in [0.15, 0.2) is 109 Å². The Morgan fingerprint density at radius 2 is 0.915 bits per heavy atom. The third-order valence-corrected chi connectivity index (χ3v) is 11.3. The molecule has 1 aliphatic rings. The minimum atomic E-state index is -1.92. The molecule has 12 nitrogen and oxygen atoms in total. The van der Waals surface area contributed by atoms with Gasteiger partial charge in [-0.1, -0.05) is 175 Å². The molecule has 1 heterocycles. The highest BCUT2D eigenvalue weighted by Gasteiger charge is 2.50. The lowest BCUT2D eigenvalue weighted by Crippen LogP contribution is -2.61. The normalized spacial score (nSPS) is 19.4. The molecule has 0 radical (unpaired) electrons. The third-order valence-electron chi connectivity index (χ3n) is 11.3. The summed E-state index contributed by atoms with van der Waals surface area (Å²) in [6.07, 6.45) is 49.5. The number of esters is 3. The number of rotatable bonds is 43. The van der Waals surface area contributed by atoms with Crippen molar-refractivity contribution in [3.05, 3.63) is 109 Å². The number of allylic oxidation sites excluding steroid dienone is 18. The number of ether oxygens (including phenoxy) is 5. The van der Waals surface area contributed by atoms with Crippen molar-refractivity contribution in [3.8, 4) is 0 Å². The smallest absolute Gasteiger partial charge is 0.335 e. The number of carbonyl (C=O) groups excluding carboxylic acids is 3. The highest BCUT2D eigenvalue weighted by Crippen LogP contribution is 2.26. The van der Waals surface area contributed by atoms with E-state index in [0.29, 0.717) is 25.7 Å². The van der Waals surface area contributed by atoms with Gasteiger partial charge < -0.3 is 39.0 Å². The second kappa shape index (κ2) is 46.5. The van der Waals surface area contributed by atoms with Crippen molar-refractivity contribution in [1.29, 1.82) is 0 Å². The maximum Gasteiger partial charge on any atom is 0.335 e. The molecule has 1 fully saturated rings. The number of carboxylic acids is 1. The Hall–Kier alpha value is -4.62. The summed E-state index contributed by atoms with van der Waals surface area (Å²) in [6.45, 7) is 5.58. The number of hydrogen-bond acceptors (Lipinski definition) is 11. The zero-order valence-corrected chi connectivity index (χ0v) is 43.7. The van der Waals surface area contributed by atoms with Gasteiger partial charge in [0.2, 0.25) is 0 Å². The standard InChI is InChI=1S/C59H92O12/c1-4-7-10-13-16-19-22-25-26-29-30-33-36-39-42-45-51(60)67-48-50(69-52(61)46-43-40-37-34-31-27-23-20-17-14-11-8-5-2)49-68-59-57(55(64)54(63)56(71-59)58(65)66)70-53(62)47-44-41-38-35-32-28-24-21-18-15-12-9-6-3/h7-8,10-12,15-17,19-21,24-27,31,37,40,50,54-57,59,63-64H,4-6,9,13-14,18,22-23,28-30,32-36,38-39,41-49H2,1-3H3,(H,65,66)/b10-7-,11-8-,15-12-,19-16-,20-17-,24-21-,26-25-,31-27-,40-37-. The third kappa shape index (κ3) is 36.9. The largest absolute Gasteiger partial charge is 0.479 e. The van der Waals surface area contributed by atoms with Crippen LogP contribution in [0.5, 0.6) is 0 Å². The van der Waals surface area contributed by atoms with E-state index in [4.69, 9.17) is 23.7 Å². The SMILES string of the molecule is CC/C=C\C/C=C\C/C=C\C/C=C\CCC(=O)OC(COC(=O)CCCCCCC/C=C\C/C=C\C/C=C\CC)COC1OC(C(=O)O)C(O)C(O)C1OC(=O)CCCCCCC/C=C\C/C=C\CCC. The van der Waals surface area contributed by atoms with Crippen molar-refractivity contribution in [2.24, 2.45) is 0 Å². The van der Waals surface area contributed by atoms with Gasteiger partial charge in [0, 0.05) is 19.3 Å². The van der Waals surface area contributed by atoms with E-state index in [1.165, 1.54) is 0 Å². The van der Waals surface area contributed by atoms with E-state index < -0.39 is 67.3 Å². The van der Waals surface area contributed by atoms with Crippen LogP contribution in [0, 0.1) is 0 Å². The Morgan fingerprint density at radius 1 is 0.479 bits per heavy atom. The maximum atomic E-state index is 13.0. The maximum absolute atomic E-state index is 13.0. The van der Waals surface area contributed by atoms with Gasteiger partial charge >= 0.3 is 23.9 Å². The topological polar surface area (TPSA) is 175 Å². The van der Waals surface area contributed by atoms with Gasteiger partial charge in [-0.3, -0.25) is 14.4 Å². The molecule has 0 aromatic rings. The van der Waals surface area contributed by atoms with Gasteiger partial charge in [0.25, 0.3) is 0 Å².